The summed E-state index contributed by atoms with van der Waals surface area (Å²) in [5.74, 6) is -2.04. The Labute approximate surface area is 219 Å². The van der Waals surface area contributed by atoms with Crippen LogP contribution < -0.4 is 5.73 Å². The summed E-state index contributed by atoms with van der Waals surface area (Å²) in [6.07, 6.45) is -0.343. The molecule has 1 aliphatic carbocycles. The van der Waals surface area contributed by atoms with Gasteiger partial charge in [-0.2, -0.15) is 0 Å². The Bertz CT molecular complexity index is 1460. The molecule has 5 rings (SSSR count). The number of fused-ring (bicyclic) bond motifs is 2. The number of hydrogen-bond acceptors (Lipinski definition) is 9. The fourth-order valence-electron chi connectivity index (χ4n) is 4.97. The molecule has 1 saturated carbocycles. The molecule has 2 aromatic carbocycles. The van der Waals surface area contributed by atoms with Gasteiger partial charge in [-0.3, -0.25) is 14.5 Å². The molecule has 0 spiro atoms. The van der Waals surface area contributed by atoms with Crippen LogP contribution in [0.1, 0.15) is 29.0 Å². The first-order chi connectivity index (χ1) is 17.6. The van der Waals surface area contributed by atoms with Crippen molar-refractivity contribution >= 4 is 60.4 Å². The summed E-state index contributed by atoms with van der Waals surface area (Å²) in [6.45, 7) is -1.16. The van der Waals surface area contributed by atoms with E-state index in [0.29, 0.717) is 20.2 Å². The normalized spacial score (nSPS) is 19.0. The van der Waals surface area contributed by atoms with Gasteiger partial charge in [0.15, 0.2) is 11.6 Å². The Morgan fingerprint density at radius 2 is 1.41 bits per heavy atom. The van der Waals surface area contributed by atoms with Gasteiger partial charge >= 0.3 is 6.03 Å². The topological polar surface area (TPSA) is 161 Å². The molecule has 0 aliphatic heterocycles. The van der Waals surface area contributed by atoms with E-state index in [-0.39, 0.29) is 33.9 Å². The molecule has 1 aliphatic rings. The van der Waals surface area contributed by atoms with E-state index in [1.54, 1.807) is 48.5 Å². The summed E-state index contributed by atoms with van der Waals surface area (Å²) in [7, 11) is 0. The van der Waals surface area contributed by atoms with E-state index in [4.69, 9.17) is 5.73 Å². The number of thiophene rings is 2. The third kappa shape index (κ3) is 3.62. The lowest BCUT2D eigenvalue weighted by Crippen LogP contribution is -2.75. The number of primary amides is 1. The number of urea groups is 1. The zero-order valence-electron chi connectivity index (χ0n) is 19.5. The second-order valence-corrected chi connectivity index (χ2v) is 11.2. The first-order valence-corrected chi connectivity index (χ1v) is 13.1. The lowest BCUT2D eigenvalue weighted by atomic mass is 9.72. The Morgan fingerprint density at radius 3 is 1.89 bits per heavy atom. The number of hydrogen-bond donors (Lipinski definition) is 5. The molecule has 4 aromatic rings. The predicted octanol–water partition coefficient (Wildman–Crippen LogP) is 2.53. The first kappa shape index (κ1) is 25.5. The highest BCUT2D eigenvalue weighted by atomic mass is 32.1. The summed E-state index contributed by atoms with van der Waals surface area (Å²) < 4.78 is 1.32. The number of amides is 2. The van der Waals surface area contributed by atoms with Gasteiger partial charge in [0.1, 0.15) is 0 Å². The number of aliphatic hydroxyl groups is 4. The summed E-state index contributed by atoms with van der Waals surface area (Å²) in [4.78, 5) is 39.7. The van der Waals surface area contributed by atoms with Crippen molar-refractivity contribution in [2.24, 2.45) is 5.73 Å². The molecular formula is C26H24N2O7S2. The van der Waals surface area contributed by atoms with E-state index in [1.165, 1.54) is 12.1 Å². The average molecular weight is 541 g/mol. The summed E-state index contributed by atoms with van der Waals surface area (Å²) >= 11 is 1.94. The van der Waals surface area contributed by atoms with Crippen LogP contribution in [0.3, 0.4) is 0 Å². The van der Waals surface area contributed by atoms with Crippen LogP contribution in [0.5, 0.6) is 0 Å². The molecule has 1 fully saturated rings. The number of carbonyl (C=O) groups is 3. The van der Waals surface area contributed by atoms with E-state index in [0.717, 1.165) is 22.7 Å². The average Bonchev–Trinajstić information content (AvgIpc) is 3.52. The molecule has 0 radical (unpaired) electrons. The van der Waals surface area contributed by atoms with Gasteiger partial charge in [-0.25, -0.2) is 4.79 Å². The van der Waals surface area contributed by atoms with Crippen molar-refractivity contribution in [2.45, 2.75) is 36.3 Å². The maximum absolute atomic E-state index is 13.2. The van der Waals surface area contributed by atoms with Gasteiger partial charge in [0, 0.05) is 22.2 Å². The van der Waals surface area contributed by atoms with Gasteiger partial charge in [-0.05, 0) is 41.5 Å². The zero-order valence-corrected chi connectivity index (χ0v) is 21.1. The second-order valence-electron chi connectivity index (χ2n) is 9.03. The summed E-state index contributed by atoms with van der Waals surface area (Å²) in [6, 6.07) is 15.4. The van der Waals surface area contributed by atoms with Crippen LogP contribution >= 0.6 is 22.7 Å². The van der Waals surface area contributed by atoms with Crippen LogP contribution in [-0.4, -0.2) is 55.1 Å². The molecule has 9 nitrogen and oxygen atoms in total. The molecule has 2 atom stereocenters. The van der Waals surface area contributed by atoms with Gasteiger partial charge in [0.2, 0.25) is 17.1 Å². The number of ketones is 2. The number of rotatable bonds is 6. The van der Waals surface area contributed by atoms with Gasteiger partial charge in [0.05, 0.1) is 16.4 Å². The van der Waals surface area contributed by atoms with E-state index < -0.39 is 41.3 Å². The minimum Gasteiger partial charge on any atom is -0.391 e. The highest BCUT2D eigenvalue weighted by molar-refractivity contribution is 7.19. The number of nitrogens with zero attached hydrogens (tertiary/aromatic N) is 1. The Morgan fingerprint density at radius 1 is 0.919 bits per heavy atom. The fourth-order valence-corrected chi connectivity index (χ4v) is 7.30. The smallest absolute Gasteiger partial charge is 0.320 e. The minimum atomic E-state index is -3.15. The van der Waals surface area contributed by atoms with Crippen LogP contribution in [0.25, 0.3) is 20.2 Å². The van der Waals surface area contributed by atoms with Crippen LogP contribution in [0, 0.1) is 0 Å². The van der Waals surface area contributed by atoms with Crippen molar-refractivity contribution in [3.8, 4) is 0 Å². The maximum Gasteiger partial charge on any atom is 0.320 e. The predicted molar refractivity (Wildman–Crippen MR) is 139 cm³/mol. The molecule has 0 saturated heterocycles. The van der Waals surface area contributed by atoms with E-state index in [2.05, 4.69) is 0 Å². The lowest BCUT2D eigenvalue weighted by Gasteiger charge is -2.52. The van der Waals surface area contributed by atoms with Crippen molar-refractivity contribution in [2.75, 3.05) is 6.61 Å². The van der Waals surface area contributed by atoms with Crippen LogP contribution in [0.4, 0.5) is 4.79 Å². The van der Waals surface area contributed by atoms with E-state index in [1.807, 2.05) is 0 Å². The molecular weight excluding hydrogens is 516 g/mol. The molecule has 2 amide bonds. The third-order valence-electron chi connectivity index (χ3n) is 6.84. The number of carbonyl (C=O) groups excluding carboxylic acids is 3. The number of nitrogens with two attached hydrogens (primary N) is 1. The molecule has 0 bridgehead atoms. The molecule has 192 valence electrons. The van der Waals surface area contributed by atoms with Crippen molar-refractivity contribution in [3.63, 3.8) is 0 Å². The SMILES string of the molecule is NC(=O)N(C(O)(CO)c1cc2ccccc2s1)C(O)(c1cc2ccccc2s1)C1(O)C(=O)CCCC1=O. The standard InChI is InChI=1S/C26H24N2O7S2/c27-23(32)28(24(33,14-29)21-12-15-6-1-3-8-17(15)36-21)26(35,25(34)19(30)10-5-11-20(25)31)22-13-16-7-2-4-9-18(16)37-22/h1-4,6-9,12-13,29,33-35H,5,10-11,14H2,(H2,27,32). The molecule has 2 heterocycles. The van der Waals surface area contributed by atoms with Crippen LogP contribution in [0.2, 0.25) is 0 Å². The highest BCUT2D eigenvalue weighted by Gasteiger charge is 2.69. The van der Waals surface area contributed by atoms with E-state index in [9.17, 15) is 34.8 Å². The Balaban J connectivity index is 1.83. The van der Waals surface area contributed by atoms with E-state index >= 15 is 0 Å². The Hall–Kier alpha value is -3.19. The monoisotopic (exact) mass is 540 g/mol. The largest absolute Gasteiger partial charge is 0.391 e. The van der Waals surface area contributed by atoms with Gasteiger partial charge in [0.25, 0.3) is 0 Å². The molecule has 37 heavy (non-hydrogen) atoms. The van der Waals surface area contributed by atoms with Crippen molar-refractivity contribution < 1.29 is 34.8 Å². The number of benzene rings is 2. The molecule has 11 heteroatoms. The van der Waals surface area contributed by atoms with Crippen molar-refractivity contribution in [3.05, 3.63) is 70.4 Å². The van der Waals surface area contributed by atoms with Crippen LogP contribution in [0.15, 0.2) is 60.7 Å². The Kier molecular flexibility index (Phi) is 6.18. The van der Waals surface area contributed by atoms with Crippen LogP contribution in [-0.2, 0) is 21.0 Å². The third-order valence-corrected chi connectivity index (χ3v) is 9.31. The summed E-state index contributed by atoms with van der Waals surface area (Å²) in [5.41, 5.74) is -3.28. The fraction of sp³-hybridized carbons (Fsp3) is 0.269. The molecule has 2 unspecified atom stereocenters. The van der Waals surface area contributed by atoms with Gasteiger partial charge in [-0.1, -0.05) is 36.4 Å². The lowest BCUT2D eigenvalue weighted by molar-refractivity contribution is -0.277. The highest BCUT2D eigenvalue weighted by Crippen LogP contribution is 2.50. The van der Waals surface area contributed by atoms with Crippen molar-refractivity contribution in [1.82, 2.24) is 4.90 Å². The van der Waals surface area contributed by atoms with Crippen molar-refractivity contribution in [1.29, 1.82) is 0 Å². The second kappa shape index (κ2) is 8.98. The minimum absolute atomic E-state index is 0.00819. The molecule has 2 aromatic heterocycles. The number of Topliss-reactive ketones (excluding diaryl/α,β-unsaturated/α-hetero) is 2. The number of aliphatic hydroxyl groups excluding tert-OH is 1. The first-order valence-electron chi connectivity index (χ1n) is 11.5. The van der Waals surface area contributed by atoms with Gasteiger partial charge in [-0.15, -0.1) is 22.7 Å². The van der Waals surface area contributed by atoms with Gasteiger partial charge < -0.3 is 26.2 Å². The zero-order chi connectivity index (χ0) is 26.6. The quantitative estimate of drug-likeness (QED) is 0.185. The maximum atomic E-state index is 13.2. The molecule has 6 N–H and O–H groups in total. The summed E-state index contributed by atoms with van der Waals surface area (Å²) in [5, 5.41) is 47.9.